The SMILES string of the molecule is CCCOCCNC(C)c1cccc(Br)c1. The summed E-state index contributed by atoms with van der Waals surface area (Å²) in [6, 6.07) is 8.74. The van der Waals surface area contributed by atoms with E-state index in [0.29, 0.717) is 6.04 Å². The topological polar surface area (TPSA) is 21.3 Å². The van der Waals surface area contributed by atoms with Crippen molar-refractivity contribution in [2.45, 2.75) is 26.3 Å². The van der Waals surface area contributed by atoms with Gasteiger partial charge in [0, 0.05) is 23.7 Å². The summed E-state index contributed by atoms with van der Waals surface area (Å²) in [5, 5.41) is 3.44. The lowest BCUT2D eigenvalue weighted by Gasteiger charge is -2.14. The lowest BCUT2D eigenvalue weighted by atomic mass is 10.1. The smallest absolute Gasteiger partial charge is 0.0591 e. The Morgan fingerprint density at radius 1 is 1.38 bits per heavy atom. The molecule has 0 aliphatic carbocycles. The van der Waals surface area contributed by atoms with Crippen LogP contribution in [0.5, 0.6) is 0 Å². The summed E-state index contributed by atoms with van der Waals surface area (Å²) in [6.45, 7) is 6.83. The van der Waals surface area contributed by atoms with Crippen molar-refractivity contribution in [3.63, 3.8) is 0 Å². The molecular formula is C13H20BrNO. The molecule has 2 nitrogen and oxygen atoms in total. The summed E-state index contributed by atoms with van der Waals surface area (Å²) in [4.78, 5) is 0. The van der Waals surface area contributed by atoms with Gasteiger partial charge in [-0.05, 0) is 31.0 Å². The molecule has 16 heavy (non-hydrogen) atoms. The number of halogens is 1. The zero-order chi connectivity index (χ0) is 11.8. The number of hydrogen-bond acceptors (Lipinski definition) is 2. The van der Waals surface area contributed by atoms with Crippen molar-refractivity contribution in [1.82, 2.24) is 5.32 Å². The molecule has 1 aromatic carbocycles. The maximum Gasteiger partial charge on any atom is 0.0591 e. The van der Waals surface area contributed by atoms with E-state index >= 15 is 0 Å². The highest BCUT2D eigenvalue weighted by Gasteiger charge is 2.03. The average Bonchev–Trinajstić information content (AvgIpc) is 2.28. The van der Waals surface area contributed by atoms with Crippen LogP contribution >= 0.6 is 15.9 Å². The van der Waals surface area contributed by atoms with Crippen LogP contribution in [0, 0.1) is 0 Å². The quantitative estimate of drug-likeness (QED) is 0.774. The molecule has 0 aromatic heterocycles. The minimum Gasteiger partial charge on any atom is -0.380 e. The molecule has 1 rings (SSSR count). The van der Waals surface area contributed by atoms with Crippen molar-refractivity contribution in [3.05, 3.63) is 34.3 Å². The van der Waals surface area contributed by atoms with Gasteiger partial charge in [0.2, 0.25) is 0 Å². The zero-order valence-corrected chi connectivity index (χ0v) is 11.6. The molecule has 0 amide bonds. The van der Waals surface area contributed by atoms with Crippen LogP contribution in [-0.2, 0) is 4.74 Å². The minimum atomic E-state index is 0.364. The normalized spacial score (nSPS) is 12.7. The third-order valence-electron chi connectivity index (χ3n) is 2.39. The number of rotatable bonds is 7. The highest BCUT2D eigenvalue weighted by atomic mass is 79.9. The van der Waals surface area contributed by atoms with E-state index in [1.54, 1.807) is 0 Å². The van der Waals surface area contributed by atoms with Crippen LogP contribution < -0.4 is 5.32 Å². The van der Waals surface area contributed by atoms with Gasteiger partial charge in [0.25, 0.3) is 0 Å². The van der Waals surface area contributed by atoms with Gasteiger partial charge in [0.1, 0.15) is 0 Å². The van der Waals surface area contributed by atoms with Crippen LogP contribution in [-0.4, -0.2) is 19.8 Å². The van der Waals surface area contributed by atoms with E-state index in [2.05, 4.69) is 53.3 Å². The molecule has 0 heterocycles. The lowest BCUT2D eigenvalue weighted by molar-refractivity contribution is 0.135. The van der Waals surface area contributed by atoms with E-state index < -0.39 is 0 Å². The van der Waals surface area contributed by atoms with Crippen LogP contribution in [0.3, 0.4) is 0 Å². The molecule has 1 aromatic rings. The first kappa shape index (κ1) is 13.7. The minimum absolute atomic E-state index is 0.364. The molecule has 0 spiro atoms. The van der Waals surface area contributed by atoms with Gasteiger partial charge >= 0.3 is 0 Å². The van der Waals surface area contributed by atoms with Gasteiger partial charge < -0.3 is 10.1 Å². The first-order valence-electron chi connectivity index (χ1n) is 5.80. The van der Waals surface area contributed by atoms with Crippen LogP contribution in [0.1, 0.15) is 31.9 Å². The van der Waals surface area contributed by atoms with Crippen LogP contribution in [0.25, 0.3) is 0 Å². The summed E-state index contributed by atoms with van der Waals surface area (Å²) in [6.07, 6.45) is 1.08. The highest BCUT2D eigenvalue weighted by molar-refractivity contribution is 9.10. The van der Waals surface area contributed by atoms with Crippen LogP contribution in [0.2, 0.25) is 0 Å². The third kappa shape index (κ3) is 5.10. The Balaban J connectivity index is 2.27. The molecule has 90 valence electrons. The van der Waals surface area contributed by atoms with Gasteiger partial charge in [-0.15, -0.1) is 0 Å². The van der Waals surface area contributed by atoms with Gasteiger partial charge in [-0.1, -0.05) is 35.0 Å². The number of ether oxygens (including phenoxy) is 1. The van der Waals surface area contributed by atoms with E-state index in [1.165, 1.54) is 5.56 Å². The van der Waals surface area contributed by atoms with Crippen molar-refractivity contribution >= 4 is 15.9 Å². The Kier molecular flexibility index (Phi) is 6.69. The Bertz CT molecular complexity index is 304. The Labute approximate surface area is 107 Å². The summed E-state index contributed by atoms with van der Waals surface area (Å²) in [5.74, 6) is 0. The van der Waals surface area contributed by atoms with E-state index in [4.69, 9.17) is 4.74 Å². The molecule has 0 aliphatic heterocycles. The number of nitrogens with one attached hydrogen (secondary N) is 1. The lowest BCUT2D eigenvalue weighted by Crippen LogP contribution is -2.23. The van der Waals surface area contributed by atoms with Crippen molar-refractivity contribution in [3.8, 4) is 0 Å². The first-order chi connectivity index (χ1) is 7.74. The second kappa shape index (κ2) is 7.82. The zero-order valence-electron chi connectivity index (χ0n) is 10.0. The third-order valence-corrected chi connectivity index (χ3v) is 2.89. The maximum absolute atomic E-state index is 5.42. The van der Waals surface area contributed by atoms with Gasteiger partial charge in [0.15, 0.2) is 0 Å². The van der Waals surface area contributed by atoms with Crippen LogP contribution in [0.15, 0.2) is 28.7 Å². The number of benzene rings is 1. The highest BCUT2D eigenvalue weighted by Crippen LogP contribution is 2.17. The summed E-state index contributed by atoms with van der Waals surface area (Å²) >= 11 is 3.48. The first-order valence-corrected chi connectivity index (χ1v) is 6.60. The molecule has 0 aliphatic rings. The maximum atomic E-state index is 5.42. The summed E-state index contributed by atoms with van der Waals surface area (Å²) in [5.41, 5.74) is 1.30. The molecule has 1 unspecified atom stereocenters. The Morgan fingerprint density at radius 2 is 2.19 bits per heavy atom. The van der Waals surface area contributed by atoms with Crippen molar-refractivity contribution in [2.75, 3.05) is 19.8 Å². The average molecular weight is 286 g/mol. The fraction of sp³-hybridized carbons (Fsp3) is 0.538. The second-order valence-corrected chi connectivity index (χ2v) is 4.76. The van der Waals surface area contributed by atoms with Gasteiger partial charge in [-0.3, -0.25) is 0 Å². The van der Waals surface area contributed by atoms with Crippen LogP contribution in [0.4, 0.5) is 0 Å². The van der Waals surface area contributed by atoms with E-state index in [0.717, 1.165) is 30.7 Å². The van der Waals surface area contributed by atoms with Crippen molar-refractivity contribution in [1.29, 1.82) is 0 Å². The molecule has 1 atom stereocenters. The summed E-state index contributed by atoms with van der Waals surface area (Å²) < 4.78 is 6.55. The largest absolute Gasteiger partial charge is 0.380 e. The fourth-order valence-electron chi connectivity index (χ4n) is 1.49. The standard InChI is InChI=1S/C13H20BrNO/c1-3-8-16-9-7-15-11(2)12-5-4-6-13(14)10-12/h4-6,10-11,15H,3,7-9H2,1-2H3. The second-order valence-electron chi connectivity index (χ2n) is 3.84. The van der Waals surface area contributed by atoms with Crippen molar-refractivity contribution < 1.29 is 4.74 Å². The van der Waals surface area contributed by atoms with E-state index in [9.17, 15) is 0 Å². The molecule has 0 saturated carbocycles. The predicted octanol–water partition coefficient (Wildman–Crippen LogP) is 3.53. The number of hydrogen-bond donors (Lipinski definition) is 1. The van der Waals surface area contributed by atoms with Gasteiger partial charge in [-0.2, -0.15) is 0 Å². The summed E-state index contributed by atoms with van der Waals surface area (Å²) in [7, 11) is 0. The molecule has 0 bridgehead atoms. The monoisotopic (exact) mass is 285 g/mol. The van der Waals surface area contributed by atoms with E-state index in [1.807, 2.05) is 6.07 Å². The van der Waals surface area contributed by atoms with Gasteiger partial charge in [-0.25, -0.2) is 0 Å². The van der Waals surface area contributed by atoms with Gasteiger partial charge in [0.05, 0.1) is 6.61 Å². The Morgan fingerprint density at radius 3 is 2.88 bits per heavy atom. The van der Waals surface area contributed by atoms with E-state index in [-0.39, 0.29) is 0 Å². The molecule has 1 N–H and O–H groups in total. The fourth-order valence-corrected chi connectivity index (χ4v) is 1.90. The van der Waals surface area contributed by atoms with Crippen molar-refractivity contribution in [2.24, 2.45) is 0 Å². The molecular weight excluding hydrogens is 266 g/mol. The molecule has 0 radical (unpaired) electrons. The molecule has 0 saturated heterocycles. The molecule has 3 heteroatoms. The molecule has 0 fully saturated rings. The Hall–Kier alpha value is -0.380. The predicted molar refractivity (Wildman–Crippen MR) is 71.7 cm³/mol.